The summed E-state index contributed by atoms with van der Waals surface area (Å²) in [4.78, 5) is 28.8. The fourth-order valence-electron chi connectivity index (χ4n) is 4.80. The SMILES string of the molecule is CC(C)(C=C(C#N)C(=O)N1CCCCC(OC(=O)N[C@@H](Cc2ccccc2)B(O)O)C1)N1CCC(F)(F)C1. The maximum atomic E-state index is 13.7. The fourth-order valence-corrected chi connectivity index (χ4v) is 4.80. The number of alkyl halides is 2. The predicted octanol–water partition coefficient (Wildman–Crippen LogP) is 2.29. The van der Waals surface area contributed by atoms with Gasteiger partial charge >= 0.3 is 13.2 Å². The molecule has 3 N–H and O–H groups in total. The van der Waals surface area contributed by atoms with Crippen LogP contribution < -0.4 is 5.32 Å². The third-order valence-corrected chi connectivity index (χ3v) is 6.98. The Morgan fingerprint density at radius 1 is 1.29 bits per heavy atom. The molecule has 0 bridgehead atoms. The van der Waals surface area contributed by atoms with Crippen molar-refractivity contribution in [3.8, 4) is 6.07 Å². The van der Waals surface area contributed by atoms with Crippen molar-refractivity contribution < 1.29 is 33.2 Å². The van der Waals surface area contributed by atoms with Gasteiger partial charge in [-0.3, -0.25) is 9.69 Å². The second-order valence-corrected chi connectivity index (χ2v) is 10.5. The van der Waals surface area contributed by atoms with Crippen LogP contribution in [-0.2, 0) is 16.0 Å². The molecule has 2 fully saturated rings. The molecule has 2 amide bonds. The lowest BCUT2D eigenvalue weighted by Crippen LogP contribution is -2.49. The molecule has 1 aromatic rings. The van der Waals surface area contributed by atoms with Crippen molar-refractivity contribution in [1.29, 1.82) is 5.26 Å². The molecule has 0 aromatic heterocycles. The maximum Gasteiger partial charge on any atom is 0.475 e. The van der Waals surface area contributed by atoms with Gasteiger partial charge in [-0.2, -0.15) is 5.26 Å². The first-order chi connectivity index (χ1) is 17.9. The van der Waals surface area contributed by atoms with Crippen molar-refractivity contribution in [2.45, 2.75) is 69.5 Å². The van der Waals surface area contributed by atoms with Crippen LogP contribution in [0.5, 0.6) is 0 Å². The summed E-state index contributed by atoms with van der Waals surface area (Å²) in [7, 11) is -1.81. The number of halogens is 2. The fraction of sp³-hybridized carbons (Fsp3) is 0.577. The minimum absolute atomic E-state index is 0.0541. The molecule has 38 heavy (non-hydrogen) atoms. The molecule has 2 aliphatic rings. The van der Waals surface area contributed by atoms with E-state index in [0.717, 1.165) is 5.56 Å². The Labute approximate surface area is 222 Å². The first-order valence-electron chi connectivity index (χ1n) is 12.8. The van der Waals surface area contributed by atoms with Gasteiger partial charge in [0.25, 0.3) is 11.8 Å². The number of ether oxygens (including phenoxy) is 1. The van der Waals surface area contributed by atoms with Crippen molar-refractivity contribution in [3.05, 3.63) is 47.5 Å². The van der Waals surface area contributed by atoms with Crippen molar-refractivity contribution in [3.63, 3.8) is 0 Å². The van der Waals surface area contributed by atoms with Crippen molar-refractivity contribution in [1.82, 2.24) is 15.1 Å². The summed E-state index contributed by atoms with van der Waals surface area (Å²) in [5.41, 5.74) is -0.281. The Balaban J connectivity index is 1.63. The van der Waals surface area contributed by atoms with Crippen LogP contribution in [0.2, 0.25) is 0 Å². The smallest absolute Gasteiger partial charge is 0.444 e. The first kappa shape index (κ1) is 29.5. The molecule has 3 rings (SSSR count). The number of benzene rings is 1. The molecular formula is C26H35BF2N4O5. The van der Waals surface area contributed by atoms with Gasteiger partial charge in [0.15, 0.2) is 0 Å². The van der Waals surface area contributed by atoms with E-state index in [1.807, 2.05) is 12.1 Å². The Hall–Kier alpha value is -3.01. The summed E-state index contributed by atoms with van der Waals surface area (Å²) >= 11 is 0. The first-order valence-corrected chi connectivity index (χ1v) is 12.8. The van der Waals surface area contributed by atoms with Crippen LogP contribution in [0, 0.1) is 11.3 Å². The molecule has 0 aliphatic carbocycles. The number of carbonyl (C=O) groups excluding carboxylic acids is 2. The number of alkyl carbamates (subject to hydrolysis) is 1. The van der Waals surface area contributed by atoms with E-state index in [9.17, 15) is 33.7 Å². The molecule has 2 saturated heterocycles. The molecule has 0 saturated carbocycles. The zero-order valence-electron chi connectivity index (χ0n) is 21.8. The highest BCUT2D eigenvalue weighted by Crippen LogP contribution is 2.33. The average molecular weight is 532 g/mol. The zero-order chi connectivity index (χ0) is 27.9. The number of hydrogen-bond acceptors (Lipinski definition) is 7. The monoisotopic (exact) mass is 532 g/mol. The van der Waals surface area contributed by atoms with Crippen molar-refractivity contribution in [2.75, 3.05) is 26.2 Å². The van der Waals surface area contributed by atoms with Crippen LogP contribution in [0.1, 0.15) is 45.1 Å². The standard InChI is InChI=1S/C26H35BF2N4O5/c1-25(2,33-13-11-26(28,29)18-33)15-20(16-30)23(34)32-12-7-6-10-21(17-32)38-24(35)31-22(27(36)37)14-19-8-4-3-5-9-19/h3-5,8-9,15,21-22,36-37H,6-7,10-14,17-18H2,1-2H3,(H,31,35)/t21?,22-/m0/s1. The van der Waals surface area contributed by atoms with Gasteiger partial charge in [-0.05, 0) is 51.2 Å². The van der Waals surface area contributed by atoms with Crippen molar-refractivity contribution >= 4 is 19.1 Å². The lowest BCUT2D eigenvalue weighted by Gasteiger charge is -2.33. The van der Waals surface area contributed by atoms with Crippen LogP contribution in [0.3, 0.4) is 0 Å². The number of carbonyl (C=O) groups is 2. The molecule has 2 heterocycles. The highest BCUT2D eigenvalue weighted by molar-refractivity contribution is 6.43. The van der Waals surface area contributed by atoms with E-state index in [1.165, 1.54) is 11.0 Å². The highest BCUT2D eigenvalue weighted by Gasteiger charge is 2.43. The molecule has 12 heteroatoms. The number of amides is 2. The maximum absolute atomic E-state index is 13.7. The summed E-state index contributed by atoms with van der Waals surface area (Å²) in [5, 5.41) is 31.7. The van der Waals surface area contributed by atoms with Gasteiger partial charge in [-0.25, -0.2) is 13.6 Å². The quantitative estimate of drug-likeness (QED) is 0.267. The van der Waals surface area contributed by atoms with E-state index in [4.69, 9.17) is 4.74 Å². The van der Waals surface area contributed by atoms with E-state index < -0.39 is 49.2 Å². The third kappa shape index (κ3) is 8.25. The second kappa shape index (κ2) is 12.7. The minimum Gasteiger partial charge on any atom is -0.444 e. The molecule has 0 radical (unpaired) electrons. The molecular weight excluding hydrogens is 497 g/mol. The van der Waals surface area contributed by atoms with Gasteiger partial charge in [-0.1, -0.05) is 30.3 Å². The number of nitrogens with zero attached hydrogens (tertiary/aromatic N) is 3. The van der Waals surface area contributed by atoms with E-state index in [-0.39, 0.29) is 31.5 Å². The zero-order valence-corrected chi connectivity index (χ0v) is 21.8. The summed E-state index contributed by atoms with van der Waals surface area (Å²) in [6.45, 7) is 3.52. The van der Waals surface area contributed by atoms with Gasteiger partial charge in [0.05, 0.1) is 19.0 Å². The lowest BCUT2D eigenvalue weighted by atomic mass is 9.76. The van der Waals surface area contributed by atoms with Crippen LogP contribution >= 0.6 is 0 Å². The lowest BCUT2D eigenvalue weighted by molar-refractivity contribution is -0.127. The second-order valence-electron chi connectivity index (χ2n) is 10.5. The van der Waals surface area contributed by atoms with E-state index >= 15 is 0 Å². The average Bonchev–Trinajstić information content (AvgIpc) is 3.08. The van der Waals surface area contributed by atoms with Gasteiger partial charge in [0, 0.05) is 25.0 Å². The Kier molecular flexibility index (Phi) is 9.87. The molecule has 9 nitrogen and oxygen atoms in total. The number of nitrogens with one attached hydrogen (secondary N) is 1. The summed E-state index contributed by atoms with van der Waals surface area (Å²) < 4.78 is 33.0. The van der Waals surface area contributed by atoms with Gasteiger partial charge in [-0.15, -0.1) is 0 Å². The van der Waals surface area contributed by atoms with Crippen LogP contribution in [0.25, 0.3) is 0 Å². The number of hydrogen-bond donors (Lipinski definition) is 3. The molecule has 1 unspecified atom stereocenters. The summed E-state index contributed by atoms with van der Waals surface area (Å²) in [6.07, 6.45) is 1.64. The molecule has 206 valence electrons. The Morgan fingerprint density at radius 2 is 2.00 bits per heavy atom. The predicted molar refractivity (Wildman–Crippen MR) is 137 cm³/mol. The van der Waals surface area contributed by atoms with E-state index in [1.54, 1.807) is 43.0 Å². The van der Waals surface area contributed by atoms with Gasteiger partial charge in [0.1, 0.15) is 17.7 Å². The van der Waals surface area contributed by atoms with Gasteiger partial charge in [0.2, 0.25) is 0 Å². The van der Waals surface area contributed by atoms with Gasteiger partial charge < -0.3 is 25.0 Å². The Morgan fingerprint density at radius 3 is 2.61 bits per heavy atom. The highest BCUT2D eigenvalue weighted by atomic mass is 19.3. The summed E-state index contributed by atoms with van der Waals surface area (Å²) in [6, 6.07) is 10.9. The van der Waals surface area contributed by atoms with Crippen molar-refractivity contribution in [2.24, 2.45) is 0 Å². The molecule has 0 spiro atoms. The normalized spacial score (nSPS) is 21.2. The Bertz CT molecular complexity index is 1050. The van der Waals surface area contributed by atoms with E-state index in [2.05, 4.69) is 5.32 Å². The van der Waals surface area contributed by atoms with E-state index in [0.29, 0.717) is 25.8 Å². The largest absolute Gasteiger partial charge is 0.475 e. The topological polar surface area (TPSA) is 126 Å². The van der Waals surface area contributed by atoms with Crippen LogP contribution in [0.4, 0.5) is 13.6 Å². The minimum atomic E-state index is -2.80. The molecule has 1 aromatic carbocycles. The number of nitriles is 1. The third-order valence-electron chi connectivity index (χ3n) is 6.98. The van der Waals surface area contributed by atoms with Crippen LogP contribution in [0.15, 0.2) is 42.0 Å². The van der Waals surface area contributed by atoms with Crippen LogP contribution in [-0.4, -0.2) is 88.7 Å². The molecule has 2 aliphatic heterocycles. The molecule has 2 atom stereocenters. The summed E-state index contributed by atoms with van der Waals surface area (Å²) in [5.74, 6) is -4.35. The number of likely N-dealkylation sites (tertiary alicyclic amines) is 2. The number of rotatable bonds is 8.